The van der Waals surface area contributed by atoms with E-state index in [2.05, 4.69) is 35.1 Å². The second kappa shape index (κ2) is 5.59. The first-order valence-electron chi connectivity index (χ1n) is 7.44. The molecule has 112 valence electrons. The zero-order chi connectivity index (χ0) is 14.8. The number of hydrogen-bond donors (Lipinski definition) is 2. The summed E-state index contributed by atoms with van der Waals surface area (Å²) in [6, 6.07) is 5.91. The predicted molar refractivity (Wildman–Crippen MR) is 84.7 cm³/mol. The number of H-pyrrole nitrogens is 1. The Morgan fingerprint density at radius 3 is 3.14 bits per heavy atom. The standard InChI is InChI=1S/C15H17N7/c1-2-5-16-12(3-1)17-7-11-4-6-22(8-11)15-13-14(19-9-18-13)20-10-21-15/h1-3,5,9-11H,4,6-8H2,(H,16,17)(H,18,19,20,21)/t11-/m1/s1. The molecule has 1 saturated heterocycles. The number of nitrogens with one attached hydrogen (secondary N) is 2. The number of imidazole rings is 1. The van der Waals surface area contributed by atoms with Crippen LogP contribution in [0.15, 0.2) is 37.1 Å². The minimum Gasteiger partial charge on any atom is -0.370 e. The van der Waals surface area contributed by atoms with Crippen molar-refractivity contribution in [1.29, 1.82) is 0 Å². The van der Waals surface area contributed by atoms with Gasteiger partial charge >= 0.3 is 0 Å². The fourth-order valence-corrected chi connectivity index (χ4v) is 2.90. The quantitative estimate of drug-likeness (QED) is 0.762. The second-order valence-corrected chi connectivity index (χ2v) is 5.50. The fraction of sp³-hybridized carbons (Fsp3) is 0.333. The SMILES string of the molecule is c1ccc(NC[C@H]2CCN(c3ncnc4nc[nH]c34)C2)nc1. The zero-order valence-corrected chi connectivity index (χ0v) is 12.1. The van der Waals surface area contributed by atoms with Gasteiger partial charge in [0.2, 0.25) is 0 Å². The van der Waals surface area contributed by atoms with Crippen molar-refractivity contribution in [3.8, 4) is 0 Å². The van der Waals surface area contributed by atoms with Gasteiger partial charge in [-0.2, -0.15) is 0 Å². The molecule has 0 aliphatic carbocycles. The Kier molecular flexibility index (Phi) is 3.30. The molecular formula is C15H17N7. The van der Waals surface area contributed by atoms with Gasteiger partial charge in [-0.05, 0) is 24.5 Å². The van der Waals surface area contributed by atoms with E-state index in [1.165, 1.54) is 0 Å². The van der Waals surface area contributed by atoms with Gasteiger partial charge in [-0.1, -0.05) is 6.07 Å². The van der Waals surface area contributed by atoms with Crippen LogP contribution in [0.2, 0.25) is 0 Å². The van der Waals surface area contributed by atoms with E-state index in [1.807, 2.05) is 18.2 Å². The Bertz CT molecular complexity index is 755. The molecule has 0 unspecified atom stereocenters. The van der Waals surface area contributed by atoms with Gasteiger partial charge in [-0.25, -0.2) is 19.9 Å². The van der Waals surface area contributed by atoms with Gasteiger partial charge in [0.15, 0.2) is 11.5 Å². The van der Waals surface area contributed by atoms with E-state index in [0.717, 1.165) is 48.9 Å². The van der Waals surface area contributed by atoms with Crippen LogP contribution in [-0.2, 0) is 0 Å². The van der Waals surface area contributed by atoms with Crippen LogP contribution in [0.1, 0.15) is 6.42 Å². The van der Waals surface area contributed by atoms with Crippen molar-refractivity contribution in [2.24, 2.45) is 5.92 Å². The molecule has 7 heteroatoms. The molecule has 22 heavy (non-hydrogen) atoms. The Morgan fingerprint density at radius 1 is 1.23 bits per heavy atom. The lowest BCUT2D eigenvalue weighted by Crippen LogP contribution is -2.23. The smallest absolute Gasteiger partial charge is 0.182 e. The Hall–Kier alpha value is -2.70. The lowest BCUT2D eigenvalue weighted by atomic mass is 10.1. The van der Waals surface area contributed by atoms with E-state index in [-0.39, 0.29) is 0 Å². The highest BCUT2D eigenvalue weighted by molar-refractivity contribution is 5.82. The summed E-state index contributed by atoms with van der Waals surface area (Å²) in [5.74, 6) is 2.46. The first-order valence-corrected chi connectivity index (χ1v) is 7.44. The molecule has 4 heterocycles. The maximum Gasteiger partial charge on any atom is 0.182 e. The molecule has 0 saturated carbocycles. The van der Waals surface area contributed by atoms with Gasteiger partial charge in [-0.15, -0.1) is 0 Å². The van der Waals surface area contributed by atoms with Crippen LogP contribution >= 0.6 is 0 Å². The molecule has 0 amide bonds. The van der Waals surface area contributed by atoms with Gasteiger partial charge in [0.25, 0.3) is 0 Å². The molecule has 3 aromatic heterocycles. The van der Waals surface area contributed by atoms with Crippen molar-refractivity contribution in [1.82, 2.24) is 24.9 Å². The fourth-order valence-electron chi connectivity index (χ4n) is 2.90. The lowest BCUT2D eigenvalue weighted by Gasteiger charge is -2.18. The molecule has 1 aliphatic heterocycles. The molecule has 0 bridgehead atoms. The van der Waals surface area contributed by atoms with E-state index in [4.69, 9.17) is 0 Å². The van der Waals surface area contributed by atoms with E-state index in [9.17, 15) is 0 Å². The lowest BCUT2D eigenvalue weighted by molar-refractivity contribution is 0.621. The highest BCUT2D eigenvalue weighted by atomic mass is 15.2. The van der Waals surface area contributed by atoms with Crippen LogP contribution in [0.25, 0.3) is 11.2 Å². The normalized spacial score (nSPS) is 18.0. The van der Waals surface area contributed by atoms with Gasteiger partial charge in [0.1, 0.15) is 17.7 Å². The maximum atomic E-state index is 4.42. The van der Waals surface area contributed by atoms with Crippen LogP contribution in [0, 0.1) is 5.92 Å². The Morgan fingerprint density at radius 2 is 2.23 bits per heavy atom. The summed E-state index contributed by atoms with van der Waals surface area (Å²) < 4.78 is 0. The Balaban J connectivity index is 1.43. The van der Waals surface area contributed by atoms with Crippen molar-refractivity contribution < 1.29 is 0 Å². The van der Waals surface area contributed by atoms with Crippen LogP contribution in [0.3, 0.4) is 0 Å². The first kappa shape index (κ1) is 13.0. The summed E-state index contributed by atoms with van der Waals surface area (Å²) in [5, 5.41) is 3.40. The minimum absolute atomic E-state index is 0.579. The van der Waals surface area contributed by atoms with Gasteiger partial charge in [0.05, 0.1) is 6.33 Å². The van der Waals surface area contributed by atoms with Crippen molar-refractivity contribution in [2.45, 2.75) is 6.42 Å². The molecule has 7 nitrogen and oxygen atoms in total. The van der Waals surface area contributed by atoms with Crippen molar-refractivity contribution in [3.05, 3.63) is 37.1 Å². The average Bonchev–Trinajstić information content (AvgIpc) is 3.22. The topological polar surface area (TPSA) is 82.6 Å². The molecule has 0 spiro atoms. The van der Waals surface area contributed by atoms with E-state index in [1.54, 1.807) is 18.9 Å². The van der Waals surface area contributed by atoms with Crippen LogP contribution < -0.4 is 10.2 Å². The number of fused-ring (bicyclic) bond motifs is 1. The first-order chi connectivity index (χ1) is 10.9. The minimum atomic E-state index is 0.579. The molecule has 1 fully saturated rings. The number of rotatable bonds is 4. The number of aromatic nitrogens is 5. The summed E-state index contributed by atoms with van der Waals surface area (Å²) in [5.41, 5.74) is 1.64. The number of pyridine rings is 1. The predicted octanol–water partition coefficient (Wildman–Crippen LogP) is 1.69. The van der Waals surface area contributed by atoms with E-state index in [0.29, 0.717) is 5.92 Å². The summed E-state index contributed by atoms with van der Waals surface area (Å²) in [6.07, 6.45) is 6.19. The monoisotopic (exact) mass is 295 g/mol. The van der Waals surface area contributed by atoms with Crippen LogP contribution in [0.5, 0.6) is 0 Å². The number of hydrogen-bond acceptors (Lipinski definition) is 6. The second-order valence-electron chi connectivity index (χ2n) is 5.50. The van der Waals surface area contributed by atoms with Crippen LogP contribution in [0.4, 0.5) is 11.6 Å². The number of anilines is 2. The summed E-state index contributed by atoms with van der Waals surface area (Å²) in [6.45, 7) is 2.90. The molecular weight excluding hydrogens is 278 g/mol. The zero-order valence-electron chi connectivity index (χ0n) is 12.1. The average molecular weight is 295 g/mol. The molecule has 1 aliphatic rings. The summed E-state index contributed by atoms with van der Waals surface area (Å²) in [4.78, 5) is 22.5. The third-order valence-electron chi connectivity index (χ3n) is 4.03. The molecule has 1 atom stereocenters. The van der Waals surface area contributed by atoms with E-state index < -0.39 is 0 Å². The van der Waals surface area contributed by atoms with E-state index >= 15 is 0 Å². The van der Waals surface area contributed by atoms with Gasteiger partial charge in [0, 0.05) is 25.8 Å². The summed E-state index contributed by atoms with van der Waals surface area (Å²) >= 11 is 0. The molecule has 2 N–H and O–H groups in total. The van der Waals surface area contributed by atoms with Crippen molar-refractivity contribution in [2.75, 3.05) is 29.9 Å². The third kappa shape index (κ3) is 2.45. The molecule has 3 aromatic rings. The molecule has 0 radical (unpaired) electrons. The van der Waals surface area contributed by atoms with Gasteiger partial charge in [-0.3, -0.25) is 0 Å². The van der Waals surface area contributed by atoms with Gasteiger partial charge < -0.3 is 15.2 Å². The largest absolute Gasteiger partial charge is 0.370 e. The van der Waals surface area contributed by atoms with Crippen molar-refractivity contribution in [3.63, 3.8) is 0 Å². The highest BCUT2D eigenvalue weighted by Gasteiger charge is 2.25. The Labute approximate surface area is 127 Å². The van der Waals surface area contributed by atoms with Crippen LogP contribution in [-0.4, -0.2) is 44.6 Å². The number of aromatic amines is 1. The third-order valence-corrected chi connectivity index (χ3v) is 4.03. The molecule has 4 rings (SSSR count). The number of nitrogens with zero attached hydrogens (tertiary/aromatic N) is 5. The van der Waals surface area contributed by atoms with Crippen molar-refractivity contribution >= 4 is 22.8 Å². The highest BCUT2D eigenvalue weighted by Crippen LogP contribution is 2.26. The maximum absolute atomic E-state index is 4.42. The molecule has 0 aromatic carbocycles. The summed E-state index contributed by atoms with van der Waals surface area (Å²) in [7, 11) is 0.